The molecule has 1 saturated carbocycles. The van der Waals surface area contributed by atoms with Crippen molar-refractivity contribution in [2.45, 2.75) is 65.5 Å². The van der Waals surface area contributed by atoms with E-state index in [2.05, 4.69) is 26.1 Å². The molecule has 0 heterocycles. The van der Waals surface area contributed by atoms with E-state index in [0.29, 0.717) is 30.9 Å². The largest absolute Gasteiger partial charge is 0.375 e. The Morgan fingerprint density at radius 1 is 1.45 bits per heavy atom. The van der Waals surface area contributed by atoms with Gasteiger partial charge in [-0.15, -0.1) is 0 Å². The Kier molecular flexibility index (Phi) is 6.46. The van der Waals surface area contributed by atoms with Crippen LogP contribution in [-0.2, 0) is 9.53 Å². The summed E-state index contributed by atoms with van der Waals surface area (Å²) in [7, 11) is 0. The average Bonchev–Trinajstić information content (AvgIpc) is 2.36. The Balaban J connectivity index is 2.66. The minimum absolute atomic E-state index is 0.246. The van der Waals surface area contributed by atoms with Crippen LogP contribution < -0.4 is 11.1 Å². The molecule has 0 aromatic heterocycles. The quantitative estimate of drug-likeness (QED) is 0.754. The van der Waals surface area contributed by atoms with Gasteiger partial charge in [-0.05, 0) is 44.1 Å². The van der Waals surface area contributed by atoms with Crippen LogP contribution in [0.1, 0.15) is 53.9 Å². The molecule has 118 valence electrons. The zero-order chi connectivity index (χ0) is 15.3. The van der Waals surface area contributed by atoms with Crippen LogP contribution in [0.2, 0.25) is 0 Å². The third-order valence-corrected chi connectivity index (χ3v) is 4.66. The summed E-state index contributed by atoms with van der Waals surface area (Å²) in [6.07, 6.45) is 3.83. The molecule has 4 nitrogen and oxygen atoms in total. The monoisotopic (exact) mass is 284 g/mol. The molecular weight excluding hydrogens is 252 g/mol. The van der Waals surface area contributed by atoms with Crippen molar-refractivity contribution >= 4 is 5.91 Å². The van der Waals surface area contributed by atoms with Gasteiger partial charge in [0.1, 0.15) is 5.54 Å². The maximum Gasteiger partial charge on any atom is 0.239 e. The number of rotatable bonds is 7. The molecule has 0 aromatic carbocycles. The Bertz CT molecular complexity index is 320. The first-order chi connectivity index (χ1) is 9.30. The Hall–Kier alpha value is -0.610. The highest BCUT2D eigenvalue weighted by Crippen LogP contribution is 2.35. The van der Waals surface area contributed by atoms with Crippen molar-refractivity contribution in [2.24, 2.45) is 23.5 Å². The molecule has 0 saturated heterocycles. The number of carbonyl (C=O) groups excluding carboxylic acids is 1. The third-order valence-electron chi connectivity index (χ3n) is 4.66. The van der Waals surface area contributed by atoms with Gasteiger partial charge in [0, 0.05) is 0 Å². The summed E-state index contributed by atoms with van der Waals surface area (Å²) in [4.78, 5) is 11.6. The normalized spacial score (nSPS) is 30.2. The molecule has 1 rings (SSSR count). The molecule has 4 heteroatoms. The van der Waals surface area contributed by atoms with E-state index in [1.165, 1.54) is 12.8 Å². The lowest BCUT2D eigenvalue weighted by Crippen LogP contribution is -2.57. The Morgan fingerprint density at radius 2 is 2.10 bits per heavy atom. The molecule has 0 aromatic rings. The van der Waals surface area contributed by atoms with Gasteiger partial charge >= 0.3 is 0 Å². The highest BCUT2D eigenvalue weighted by Gasteiger charge is 2.36. The number of ether oxygens (including phenoxy) is 1. The first-order valence-corrected chi connectivity index (χ1v) is 7.96. The maximum absolute atomic E-state index is 11.6. The maximum atomic E-state index is 11.6. The zero-order valence-electron chi connectivity index (χ0n) is 13.7. The van der Waals surface area contributed by atoms with Crippen LogP contribution in [0.3, 0.4) is 0 Å². The second-order valence-corrected chi connectivity index (χ2v) is 6.90. The van der Waals surface area contributed by atoms with Crippen molar-refractivity contribution in [3.8, 4) is 0 Å². The van der Waals surface area contributed by atoms with Crippen molar-refractivity contribution in [1.82, 2.24) is 5.32 Å². The predicted molar refractivity (Wildman–Crippen MR) is 82.4 cm³/mol. The van der Waals surface area contributed by atoms with Crippen molar-refractivity contribution in [2.75, 3.05) is 13.2 Å². The minimum atomic E-state index is -0.767. The number of carbonyl (C=O) groups is 1. The van der Waals surface area contributed by atoms with E-state index < -0.39 is 5.54 Å². The molecule has 0 radical (unpaired) electrons. The van der Waals surface area contributed by atoms with E-state index in [1.54, 1.807) is 0 Å². The molecular formula is C16H32N2O2. The van der Waals surface area contributed by atoms with Crippen molar-refractivity contribution in [1.29, 1.82) is 0 Å². The lowest BCUT2D eigenvalue weighted by atomic mass is 9.75. The van der Waals surface area contributed by atoms with Crippen molar-refractivity contribution in [3.63, 3.8) is 0 Å². The van der Waals surface area contributed by atoms with Crippen molar-refractivity contribution in [3.05, 3.63) is 0 Å². The van der Waals surface area contributed by atoms with E-state index in [9.17, 15) is 4.79 Å². The summed E-state index contributed by atoms with van der Waals surface area (Å²) >= 11 is 0. The highest BCUT2D eigenvalue weighted by atomic mass is 16.5. The number of primary amides is 1. The molecule has 20 heavy (non-hydrogen) atoms. The Morgan fingerprint density at radius 3 is 2.60 bits per heavy atom. The van der Waals surface area contributed by atoms with Gasteiger partial charge in [0.2, 0.25) is 5.91 Å². The molecule has 4 unspecified atom stereocenters. The van der Waals surface area contributed by atoms with Gasteiger partial charge in [0.05, 0.1) is 12.7 Å². The lowest BCUT2D eigenvalue weighted by Gasteiger charge is -2.39. The molecule has 0 aliphatic heterocycles. The van der Waals surface area contributed by atoms with Gasteiger partial charge in [-0.25, -0.2) is 0 Å². The average molecular weight is 284 g/mol. The number of hydrogen-bond donors (Lipinski definition) is 2. The third kappa shape index (κ3) is 4.45. The number of nitrogens with one attached hydrogen (secondary N) is 1. The van der Waals surface area contributed by atoms with Crippen LogP contribution in [0.25, 0.3) is 0 Å². The second-order valence-electron chi connectivity index (χ2n) is 6.90. The molecule has 1 aliphatic carbocycles. The van der Waals surface area contributed by atoms with Crippen LogP contribution in [0.5, 0.6) is 0 Å². The summed E-state index contributed by atoms with van der Waals surface area (Å²) in [5.41, 5.74) is 4.75. The van der Waals surface area contributed by atoms with Gasteiger partial charge in [0.15, 0.2) is 0 Å². The molecule has 0 bridgehead atoms. The van der Waals surface area contributed by atoms with Crippen LogP contribution in [0.15, 0.2) is 0 Å². The molecule has 0 spiro atoms. The van der Waals surface area contributed by atoms with Gasteiger partial charge in [-0.3, -0.25) is 4.79 Å². The van der Waals surface area contributed by atoms with Gasteiger partial charge < -0.3 is 15.8 Å². The fourth-order valence-electron chi connectivity index (χ4n) is 3.18. The standard InChI is InChI=1S/C16H32N2O2/c1-6-18-16(5,15(17)19)10-20-14-9-12(4)7-8-13(14)11(2)3/h11-14,18H,6-10H2,1-5H3,(H2,17,19). The van der Waals surface area contributed by atoms with Crippen LogP contribution in [0.4, 0.5) is 0 Å². The topological polar surface area (TPSA) is 64.3 Å². The number of hydrogen-bond acceptors (Lipinski definition) is 3. The number of likely N-dealkylation sites (N-methyl/N-ethyl adjacent to an activating group) is 1. The zero-order valence-corrected chi connectivity index (χ0v) is 13.7. The molecule has 4 atom stereocenters. The van der Waals surface area contributed by atoms with Gasteiger partial charge in [-0.2, -0.15) is 0 Å². The van der Waals surface area contributed by atoms with Crippen LogP contribution in [0, 0.1) is 17.8 Å². The summed E-state index contributed by atoms with van der Waals surface area (Å²) in [6.45, 7) is 11.7. The first kappa shape index (κ1) is 17.4. The summed E-state index contributed by atoms with van der Waals surface area (Å²) < 4.78 is 6.14. The fourth-order valence-corrected chi connectivity index (χ4v) is 3.18. The smallest absolute Gasteiger partial charge is 0.239 e. The van der Waals surface area contributed by atoms with E-state index in [1.807, 2.05) is 13.8 Å². The minimum Gasteiger partial charge on any atom is -0.375 e. The second kappa shape index (κ2) is 7.41. The van der Waals surface area contributed by atoms with Gasteiger partial charge in [-0.1, -0.05) is 34.1 Å². The van der Waals surface area contributed by atoms with E-state index in [4.69, 9.17) is 10.5 Å². The predicted octanol–water partition coefficient (Wildman–Crippen LogP) is 2.32. The van der Waals surface area contributed by atoms with Crippen LogP contribution in [-0.4, -0.2) is 30.7 Å². The van der Waals surface area contributed by atoms with Gasteiger partial charge in [0.25, 0.3) is 0 Å². The SMILES string of the molecule is CCNC(C)(COC1CC(C)CCC1C(C)C)C(N)=O. The molecule has 3 N–H and O–H groups in total. The van der Waals surface area contributed by atoms with Crippen LogP contribution >= 0.6 is 0 Å². The van der Waals surface area contributed by atoms with Crippen molar-refractivity contribution < 1.29 is 9.53 Å². The highest BCUT2D eigenvalue weighted by molar-refractivity contribution is 5.84. The Labute approximate surface area is 123 Å². The molecule has 1 amide bonds. The summed E-state index contributed by atoms with van der Waals surface area (Å²) in [5, 5.41) is 3.15. The van der Waals surface area contributed by atoms with E-state index in [0.717, 1.165) is 6.42 Å². The number of amides is 1. The lowest BCUT2D eigenvalue weighted by molar-refractivity contribution is -0.129. The summed E-state index contributed by atoms with van der Waals surface area (Å²) in [6, 6.07) is 0. The summed E-state index contributed by atoms with van der Waals surface area (Å²) in [5.74, 6) is 1.56. The first-order valence-electron chi connectivity index (χ1n) is 7.96. The number of nitrogens with two attached hydrogens (primary N) is 1. The molecule has 1 fully saturated rings. The fraction of sp³-hybridized carbons (Fsp3) is 0.938. The molecule has 1 aliphatic rings. The van der Waals surface area contributed by atoms with E-state index in [-0.39, 0.29) is 12.0 Å². The van der Waals surface area contributed by atoms with E-state index >= 15 is 0 Å².